The molecule has 2 aromatic carbocycles. The molecule has 0 heterocycles. The van der Waals surface area contributed by atoms with Gasteiger partial charge in [0.2, 0.25) is 11.6 Å². The molecule has 2 aromatic rings. The number of aliphatic carboxylic acids is 1. The van der Waals surface area contributed by atoms with Gasteiger partial charge in [0, 0.05) is 17.1 Å². The molecule has 0 aliphatic carbocycles. The summed E-state index contributed by atoms with van der Waals surface area (Å²) >= 11 is 0. The summed E-state index contributed by atoms with van der Waals surface area (Å²) in [5.74, 6) is -2.02. The predicted molar refractivity (Wildman–Crippen MR) is 78.2 cm³/mol. The zero-order chi connectivity index (χ0) is 15.0. The number of rotatable bonds is 3. The van der Waals surface area contributed by atoms with E-state index < -0.39 is 17.5 Å². The van der Waals surface area contributed by atoms with E-state index in [0.717, 1.165) is 6.92 Å². The molecule has 0 atom stereocenters. The molecule has 0 aliphatic rings. The summed E-state index contributed by atoms with van der Waals surface area (Å²) in [4.78, 5) is 32.5. The van der Waals surface area contributed by atoms with Crippen LogP contribution in [0, 0.1) is 0 Å². The summed E-state index contributed by atoms with van der Waals surface area (Å²) in [5, 5.41) is 8.89. The minimum atomic E-state index is -1.08. The van der Waals surface area contributed by atoms with Gasteiger partial charge < -0.3 is 16.1 Å². The van der Waals surface area contributed by atoms with Crippen molar-refractivity contribution in [1.82, 2.24) is 6.15 Å². The van der Waals surface area contributed by atoms with Gasteiger partial charge in [-0.3, -0.25) is 9.59 Å². The van der Waals surface area contributed by atoms with Gasteiger partial charge in [0.05, 0.1) is 0 Å². The van der Waals surface area contributed by atoms with Crippen molar-refractivity contribution >= 4 is 17.5 Å². The fraction of sp³-hybridized carbons (Fsp3) is 0.0625. The van der Waals surface area contributed by atoms with Crippen molar-refractivity contribution < 1.29 is 19.5 Å². The van der Waals surface area contributed by atoms with Crippen LogP contribution >= 0.6 is 0 Å². The number of hydrogen-bond donors (Lipinski definition) is 1. The highest BCUT2D eigenvalue weighted by Crippen LogP contribution is 2.07. The zero-order valence-corrected chi connectivity index (χ0v) is 11.9. The maximum Gasteiger partial charge on any atom is 0.233 e. The van der Waals surface area contributed by atoms with Gasteiger partial charge in [0.1, 0.15) is 0 Å². The van der Waals surface area contributed by atoms with E-state index in [2.05, 4.69) is 0 Å². The van der Waals surface area contributed by atoms with Crippen LogP contribution in [0.3, 0.4) is 0 Å². The fourth-order valence-corrected chi connectivity index (χ4v) is 1.44. The molecule has 0 unspecified atom stereocenters. The molecule has 110 valence electrons. The lowest BCUT2D eigenvalue weighted by Gasteiger charge is -1.99. The molecule has 0 bridgehead atoms. The third-order valence-corrected chi connectivity index (χ3v) is 2.28. The molecule has 21 heavy (non-hydrogen) atoms. The number of quaternary nitrogens is 1. The lowest BCUT2D eigenvalue weighted by atomic mass is 10.0. The topological polar surface area (TPSA) is 111 Å². The van der Waals surface area contributed by atoms with Crippen LogP contribution in [0.2, 0.25) is 0 Å². The number of carbonyl (C=O) groups excluding carboxylic acids is 3. The Balaban J connectivity index is 0.000000715. The van der Waals surface area contributed by atoms with Crippen molar-refractivity contribution in [2.24, 2.45) is 0 Å². The van der Waals surface area contributed by atoms with Crippen molar-refractivity contribution in [2.75, 3.05) is 0 Å². The van der Waals surface area contributed by atoms with Crippen molar-refractivity contribution in [3.63, 3.8) is 0 Å². The summed E-state index contributed by atoms with van der Waals surface area (Å²) in [7, 11) is 0. The maximum atomic E-state index is 11.8. The van der Waals surface area contributed by atoms with Gasteiger partial charge >= 0.3 is 0 Å². The standard InChI is InChI=1S/C14H10O2.C2H4O2.H3N/c15-13(11-7-3-1-4-8-11)14(16)12-9-5-2-6-10-12;1-2(3)4;/h1-10H;1H3,(H,3,4);1H3. The van der Waals surface area contributed by atoms with Crippen LogP contribution in [0.1, 0.15) is 27.6 Å². The molecule has 0 radical (unpaired) electrons. The minimum absolute atomic E-state index is 0. The molecule has 0 spiro atoms. The predicted octanol–water partition coefficient (Wildman–Crippen LogP) is 1.88. The number of benzene rings is 2. The molecule has 0 amide bonds. The maximum absolute atomic E-state index is 11.8. The van der Waals surface area contributed by atoms with Gasteiger partial charge in [0.15, 0.2) is 0 Å². The quantitative estimate of drug-likeness (QED) is 0.686. The van der Waals surface area contributed by atoms with E-state index in [1.54, 1.807) is 48.5 Å². The van der Waals surface area contributed by atoms with Crippen LogP contribution in [0.5, 0.6) is 0 Å². The largest absolute Gasteiger partial charge is 0.550 e. The van der Waals surface area contributed by atoms with Crippen molar-refractivity contribution in [2.45, 2.75) is 6.92 Å². The Morgan fingerprint density at radius 2 is 0.952 bits per heavy atom. The minimum Gasteiger partial charge on any atom is -0.550 e. The van der Waals surface area contributed by atoms with Crippen LogP contribution in [0.25, 0.3) is 0 Å². The van der Waals surface area contributed by atoms with Crippen LogP contribution in [-0.2, 0) is 4.79 Å². The van der Waals surface area contributed by atoms with Gasteiger partial charge in [-0.1, -0.05) is 60.7 Å². The molecule has 5 heteroatoms. The van der Waals surface area contributed by atoms with Crippen LogP contribution < -0.4 is 11.3 Å². The molecule has 0 saturated carbocycles. The molecule has 4 N–H and O–H groups in total. The summed E-state index contributed by atoms with van der Waals surface area (Å²) in [5.41, 5.74) is 0.854. The van der Waals surface area contributed by atoms with E-state index in [1.807, 2.05) is 12.1 Å². The Kier molecular flexibility index (Phi) is 7.95. The Hall–Kier alpha value is -2.79. The lowest BCUT2D eigenvalue weighted by molar-refractivity contribution is -0.302. The molecule has 0 aliphatic heterocycles. The third-order valence-electron chi connectivity index (χ3n) is 2.28. The zero-order valence-electron chi connectivity index (χ0n) is 11.9. The highest BCUT2D eigenvalue weighted by molar-refractivity contribution is 6.49. The molecule has 0 saturated heterocycles. The van der Waals surface area contributed by atoms with Gasteiger partial charge in [0.25, 0.3) is 0 Å². The lowest BCUT2D eigenvalue weighted by Crippen LogP contribution is -2.16. The first kappa shape index (κ1) is 18.2. The Labute approximate surface area is 122 Å². The number of carbonyl (C=O) groups is 3. The molecular weight excluding hydrogens is 270 g/mol. The van der Waals surface area contributed by atoms with Crippen LogP contribution in [0.4, 0.5) is 0 Å². The van der Waals surface area contributed by atoms with Crippen LogP contribution in [-0.4, -0.2) is 17.5 Å². The van der Waals surface area contributed by atoms with Gasteiger partial charge in [-0.25, -0.2) is 0 Å². The molecule has 0 fully saturated rings. The second kappa shape index (κ2) is 9.17. The number of hydrogen-bond acceptors (Lipinski definition) is 4. The third kappa shape index (κ3) is 6.26. The monoisotopic (exact) mass is 287 g/mol. The highest BCUT2D eigenvalue weighted by atomic mass is 16.4. The van der Waals surface area contributed by atoms with E-state index in [1.165, 1.54) is 0 Å². The van der Waals surface area contributed by atoms with E-state index in [9.17, 15) is 9.59 Å². The summed E-state index contributed by atoms with van der Waals surface area (Å²) < 4.78 is 0. The average Bonchev–Trinajstić information content (AvgIpc) is 2.47. The van der Waals surface area contributed by atoms with Crippen molar-refractivity contribution in [1.29, 1.82) is 0 Å². The SMILES string of the molecule is CC(=O)[O-].O=C(C(=O)c1ccccc1)c1ccccc1.[NH4+]. The summed E-state index contributed by atoms with van der Waals surface area (Å²) in [6.45, 7) is 0.972. The molecule has 2 rings (SSSR count). The van der Waals surface area contributed by atoms with Crippen LogP contribution in [0.15, 0.2) is 60.7 Å². The number of carboxylic acids is 1. The van der Waals surface area contributed by atoms with Gasteiger partial charge in [-0.15, -0.1) is 0 Å². The Morgan fingerprint density at radius 1 is 0.714 bits per heavy atom. The first-order valence-electron chi connectivity index (χ1n) is 5.89. The first-order valence-corrected chi connectivity index (χ1v) is 5.89. The Bertz CT molecular complexity index is 541. The van der Waals surface area contributed by atoms with E-state index >= 15 is 0 Å². The second-order valence-electron chi connectivity index (χ2n) is 3.88. The highest BCUT2D eigenvalue weighted by Gasteiger charge is 2.16. The second-order valence-corrected chi connectivity index (χ2v) is 3.88. The average molecular weight is 287 g/mol. The van der Waals surface area contributed by atoms with Gasteiger partial charge in [-0.2, -0.15) is 0 Å². The molecular formula is C16H17NO4. The molecule has 0 aromatic heterocycles. The van der Waals surface area contributed by atoms with Gasteiger partial charge in [-0.05, 0) is 6.92 Å². The number of ketones is 2. The van der Waals surface area contributed by atoms with E-state index in [0.29, 0.717) is 11.1 Å². The van der Waals surface area contributed by atoms with Crippen molar-refractivity contribution in [3.05, 3.63) is 71.8 Å². The van der Waals surface area contributed by atoms with Crippen molar-refractivity contribution in [3.8, 4) is 0 Å². The smallest absolute Gasteiger partial charge is 0.233 e. The van der Waals surface area contributed by atoms with E-state index in [-0.39, 0.29) is 6.15 Å². The fourth-order valence-electron chi connectivity index (χ4n) is 1.44. The summed E-state index contributed by atoms with van der Waals surface area (Å²) in [6, 6.07) is 17.2. The Morgan fingerprint density at radius 3 is 1.19 bits per heavy atom. The number of Topliss-reactive ketones (excluding diaryl/α,β-unsaturated/α-hetero) is 2. The molecule has 5 nitrogen and oxygen atoms in total. The summed E-state index contributed by atoms with van der Waals surface area (Å²) in [6.07, 6.45) is 0. The normalized spacial score (nSPS) is 8.62. The first-order chi connectivity index (χ1) is 9.52. The van der Waals surface area contributed by atoms with E-state index in [4.69, 9.17) is 9.90 Å². The number of carboxylic acid groups (broad SMARTS) is 1.